The van der Waals surface area contributed by atoms with Crippen LogP contribution in [0.1, 0.15) is 20.8 Å². The Labute approximate surface area is 143 Å². The lowest BCUT2D eigenvalue weighted by Crippen LogP contribution is -2.46. The summed E-state index contributed by atoms with van der Waals surface area (Å²) in [4.78, 5) is 14.5. The number of nitrogens with zero attached hydrogens (tertiary/aromatic N) is 1. The molecule has 0 N–H and O–H groups in total. The van der Waals surface area contributed by atoms with Gasteiger partial charge in [-0.25, -0.2) is 8.42 Å². The fraction of sp³-hybridized carbons (Fsp3) is 0.471. The molecule has 0 bridgehead atoms. The van der Waals surface area contributed by atoms with Crippen molar-refractivity contribution in [2.45, 2.75) is 26.8 Å². The van der Waals surface area contributed by atoms with Gasteiger partial charge in [-0.05, 0) is 18.2 Å². The van der Waals surface area contributed by atoms with Crippen LogP contribution in [0.4, 0.5) is 5.69 Å². The third-order valence-electron chi connectivity index (χ3n) is 3.75. The second-order valence-corrected chi connectivity index (χ2v) is 8.62. The molecule has 1 aromatic rings. The molecular formula is C17H23NO5S. The average Bonchev–Trinajstić information content (AvgIpc) is 2.86. The lowest BCUT2D eigenvalue weighted by molar-refractivity contribution is -0.126. The molecule has 0 fully saturated rings. The Hall–Kier alpha value is -2.02. The van der Waals surface area contributed by atoms with Gasteiger partial charge in [0.2, 0.25) is 5.91 Å². The summed E-state index contributed by atoms with van der Waals surface area (Å²) in [6.07, 6.45) is 1.54. The molecular weight excluding hydrogens is 330 g/mol. The summed E-state index contributed by atoms with van der Waals surface area (Å²) in [6, 6.07) is 4.53. The maximum atomic E-state index is 13.0. The third kappa shape index (κ3) is 3.72. The van der Waals surface area contributed by atoms with E-state index in [1.54, 1.807) is 52.2 Å². The van der Waals surface area contributed by atoms with E-state index in [9.17, 15) is 13.2 Å². The van der Waals surface area contributed by atoms with Crippen molar-refractivity contribution in [2.24, 2.45) is 5.41 Å². The van der Waals surface area contributed by atoms with Gasteiger partial charge in [0.1, 0.15) is 11.5 Å². The zero-order valence-corrected chi connectivity index (χ0v) is 15.4. The maximum Gasteiger partial charge on any atom is 0.233 e. The van der Waals surface area contributed by atoms with Gasteiger partial charge in [0, 0.05) is 16.9 Å². The third-order valence-corrected chi connectivity index (χ3v) is 5.13. The smallest absolute Gasteiger partial charge is 0.233 e. The first-order valence-electron chi connectivity index (χ1n) is 7.55. The first-order chi connectivity index (χ1) is 11.1. The zero-order chi connectivity index (χ0) is 18.1. The summed E-state index contributed by atoms with van der Waals surface area (Å²) in [5.74, 6) is 0.722. The number of rotatable bonds is 4. The lowest BCUT2D eigenvalue weighted by atomic mass is 9.93. The summed E-state index contributed by atoms with van der Waals surface area (Å²) in [5, 5.41) is 1.16. The van der Waals surface area contributed by atoms with E-state index in [-0.39, 0.29) is 11.7 Å². The molecule has 1 aliphatic rings. The van der Waals surface area contributed by atoms with Crippen LogP contribution in [0.5, 0.6) is 11.5 Å². The number of anilines is 1. The molecule has 1 aromatic carbocycles. The predicted octanol–water partition coefficient (Wildman–Crippen LogP) is 2.39. The topological polar surface area (TPSA) is 72.9 Å². The van der Waals surface area contributed by atoms with E-state index < -0.39 is 21.3 Å². The van der Waals surface area contributed by atoms with Gasteiger partial charge >= 0.3 is 0 Å². The fourth-order valence-electron chi connectivity index (χ4n) is 2.50. The quantitative estimate of drug-likeness (QED) is 0.831. The average molecular weight is 353 g/mol. The van der Waals surface area contributed by atoms with Crippen molar-refractivity contribution in [3.63, 3.8) is 0 Å². The number of methoxy groups -OCH3 is 2. The highest BCUT2D eigenvalue weighted by atomic mass is 32.2. The van der Waals surface area contributed by atoms with E-state index in [4.69, 9.17) is 9.47 Å². The Morgan fingerprint density at radius 1 is 1.21 bits per heavy atom. The van der Waals surface area contributed by atoms with Crippen molar-refractivity contribution in [1.29, 1.82) is 0 Å². The van der Waals surface area contributed by atoms with Gasteiger partial charge in [0.25, 0.3) is 0 Å². The number of ether oxygens (including phenoxy) is 2. The molecule has 0 saturated heterocycles. The molecule has 132 valence electrons. The molecule has 0 aromatic heterocycles. The van der Waals surface area contributed by atoms with Gasteiger partial charge in [-0.15, -0.1) is 0 Å². The van der Waals surface area contributed by atoms with Gasteiger partial charge in [0.05, 0.1) is 31.7 Å². The zero-order valence-electron chi connectivity index (χ0n) is 14.6. The molecule has 7 heteroatoms. The molecule has 1 amide bonds. The van der Waals surface area contributed by atoms with Crippen molar-refractivity contribution >= 4 is 21.4 Å². The van der Waals surface area contributed by atoms with Crippen molar-refractivity contribution < 1.29 is 22.7 Å². The summed E-state index contributed by atoms with van der Waals surface area (Å²) < 4.78 is 34.2. The number of carbonyl (C=O) groups is 1. The molecule has 1 atom stereocenters. The Morgan fingerprint density at radius 2 is 1.88 bits per heavy atom. The predicted molar refractivity (Wildman–Crippen MR) is 93.2 cm³/mol. The van der Waals surface area contributed by atoms with Gasteiger partial charge in [0.15, 0.2) is 9.84 Å². The molecule has 0 radical (unpaired) electrons. The van der Waals surface area contributed by atoms with Crippen molar-refractivity contribution in [2.75, 3.05) is 24.9 Å². The summed E-state index contributed by atoms with van der Waals surface area (Å²) >= 11 is 0. The summed E-state index contributed by atoms with van der Waals surface area (Å²) in [6.45, 7) is 5.39. The van der Waals surface area contributed by atoms with E-state index in [0.717, 1.165) is 5.41 Å². The molecule has 0 saturated carbocycles. The molecule has 0 aliphatic carbocycles. The molecule has 2 rings (SSSR count). The monoisotopic (exact) mass is 353 g/mol. The van der Waals surface area contributed by atoms with Gasteiger partial charge in [-0.2, -0.15) is 0 Å². The highest BCUT2D eigenvalue weighted by Crippen LogP contribution is 2.37. The molecule has 1 aliphatic heterocycles. The van der Waals surface area contributed by atoms with Gasteiger partial charge in [-0.1, -0.05) is 20.8 Å². The SMILES string of the molecule is COc1ccc(N(C(=O)C(C)(C)C)[C@H]2C=CS(=O)(=O)C2)c(OC)c1. The standard InChI is InChI=1S/C17H23NO5S/c1-17(2,3)16(19)18(12-8-9-24(20,21)11-12)14-7-6-13(22-4)10-15(14)23-5/h6-10,12H,11H2,1-5H3/t12-/m0/s1. The second-order valence-electron chi connectivity index (χ2n) is 6.69. The fourth-order valence-corrected chi connectivity index (χ4v) is 3.77. The van der Waals surface area contributed by atoms with Gasteiger partial charge < -0.3 is 14.4 Å². The van der Waals surface area contributed by atoms with Gasteiger partial charge in [-0.3, -0.25) is 4.79 Å². The maximum absolute atomic E-state index is 13.0. The second kappa shape index (κ2) is 6.47. The van der Waals surface area contributed by atoms with Crippen LogP contribution < -0.4 is 14.4 Å². The Morgan fingerprint density at radius 3 is 2.33 bits per heavy atom. The highest BCUT2D eigenvalue weighted by Gasteiger charge is 2.37. The number of carbonyl (C=O) groups excluding carboxylic acids is 1. The van der Waals surface area contributed by atoms with E-state index in [1.165, 1.54) is 12.0 Å². The van der Waals surface area contributed by atoms with E-state index >= 15 is 0 Å². The van der Waals surface area contributed by atoms with Crippen LogP contribution in [-0.2, 0) is 14.6 Å². The Kier molecular flexibility index (Phi) is 4.94. The molecule has 1 heterocycles. The van der Waals surface area contributed by atoms with Crippen LogP contribution in [0.2, 0.25) is 0 Å². The summed E-state index contributed by atoms with van der Waals surface area (Å²) in [5.41, 5.74) is -0.157. The van der Waals surface area contributed by atoms with Crippen LogP contribution in [0.15, 0.2) is 29.7 Å². The van der Waals surface area contributed by atoms with Crippen LogP contribution in [0.3, 0.4) is 0 Å². The first kappa shape index (κ1) is 18.3. The number of hydrogen-bond donors (Lipinski definition) is 0. The van der Waals surface area contributed by atoms with Crippen LogP contribution in [-0.4, -0.2) is 40.3 Å². The van der Waals surface area contributed by atoms with E-state index in [1.807, 2.05) is 0 Å². The van der Waals surface area contributed by atoms with Crippen molar-refractivity contribution in [3.05, 3.63) is 29.7 Å². The molecule has 6 nitrogen and oxygen atoms in total. The number of hydrogen-bond acceptors (Lipinski definition) is 5. The molecule has 0 unspecified atom stereocenters. The molecule has 0 spiro atoms. The summed E-state index contributed by atoms with van der Waals surface area (Å²) in [7, 11) is -0.260. The normalized spacial score (nSPS) is 19.1. The lowest BCUT2D eigenvalue weighted by Gasteiger charge is -2.34. The number of sulfone groups is 1. The first-order valence-corrected chi connectivity index (χ1v) is 9.27. The number of amides is 1. The number of benzene rings is 1. The largest absolute Gasteiger partial charge is 0.497 e. The minimum absolute atomic E-state index is 0.135. The van der Waals surface area contributed by atoms with Crippen molar-refractivity contribution in [1.82, 2.24) is 0 Å². The minimum Gasteiger partial charge on any atom is -0.497 e. The van der Waals surface area contributed by atoms with E-state index in [0.29, 0.717) is 17.2 Å². The minimum atomic E-state index is -3.30. The Balaban J connectivity index is 2.55. The van der Waals surface area contributed by atoms with Crippen LogP contribution >= 0.6 is 0 Å². The highest BCUT2D eigenvalue weighted by molar-refractivity contribution is 7.94. The van der Waals surface area contributed by atoms with Crippen LogP contribution in [0, 0.1) is 5.41 Å². The van der Waals surface area contributed by atoms with E-state index in [2.05, 4.69) is 0 Å². The molecule has 24 heavy (non-hydrogen) atoms. The Bertz CT molecular complexity index is 762. The van der Waals surface area contributed by atoms with Crippen LogP contribution in [0.25, 0.3) is 0 Å². The van der Waals surface area contributed by atoms with Crippen molar-refractivity contribution in [3.8, 4) is 11.5 Å².